The third kappa shape index (κ3) is 3.01. The second-order valence-corrected chi connectivity index (χ2v) is 7.81. The van der Waals surface area contributed by atoms with Crippen molar-refractivity contribution in [3.8, 4) is 17.4 Å². The van der Waals surface area contributed by atoms with Gasteiger partial charge in [-0.25, -0.2) is 13.4 Å². The number of aromatic hydroxyl groups is 1. The molecular weight excluding hydrogens is 316 g/mol. The number of aromatic nitrogens is 2. The molecule has 2 aromatic rings. The Morgan fingerprint density at radius 3 is 2.70 bits per heavy atom. The summed E-state index contributed by atoms with van der Waals surface area (Å²) in [5.74, 6) is 0.421. The average Bonchev–Trinajstić information content (AvgIpc) is 3.37. The number of sulfone groups is 1. The zero-order chi connectivity index (χ0) is 16.6. The van der Waals surface area contributed by atoms with E-state index in [1.54, 1.807) is 25.1 Å². The highest BCUT2D eigenvalue weighted by Gasteiger charge is 2.37. The molecule has 0 radical (unpaired) electrons. The summed E-state index contributed by atoms with van der Waals surface area (Å²) >= 11 is 0. The molecule has 1 aromatic heterocycles. The standard InChI is InChI=1S/C16H18N2O4S/c1-3-11-8-13(23(20,21)12-4-5-12)6-7-14(11)22-16-15(19)10(2)17-9-18-16/h6-9,12,19H,3-5H2,1-2H3. The molecule has 122 valence electrons. The van der Waals surface area contributed by atoms with Gasteiger partial charge in [0.2, 0.25) is 5.75 Å². The predicted molar refractivity (Wildman–Crippen MR) is 84.5 cm³/mol. The summed E-state index contributed by atoms with van der Waals surface area (Å²) in [6, 6.07) is 4.81. The summed E-state index contributed by atoms with van der Waals surface area (Å²) < 4.78 is 30.3. The monoisotopic (exact) mass is 334 g/mol. The molecule has 1 aromatic carbocycles. The van der Waals surface area contributed by atoms with Gasteiger partial charge in [-0.05, 0) is 49.9 Å². The summed E-state index contributed by atoms with van der Waals surface area (Å²) in [6.45, 7) is 3.57. The van der Waals surface area contributed by atoms with Crippen LogP contribution in [0.2, 0.25) is 0 Å². The summed E-state index contributed by atoms with van der Waals surface area (Å²) in [5, 5.41) is 9.70. The van der Waals surface area contributed by atoms with Crippen LogP contribution >= 0.6 is 0 Å². The Hall–Kier alpha value is -2.15. The van der Waals surface area contributed by atoms with Gasteiger partial charge in [0.1, 0.15) is 12.1 Å². The van der Waals surface area contributed by atoms with E-state index in [1.165, 1.54) is 6.33 Å². The lowest BCUT2D eigenvalue weighted by Gasteiger charge is -2.12. The fraction of sp³-hybridized carbons (Fsp3) is 0.375. The lowest BCUT2D eigenvalue weighted by atomic mass is 10.1. The third-order valence-electron chi connectivity index (χ3n) is 3.88. The van der Waals surface area contributed by atoms with Crippen molar-refractivity contribution in [2.24, 2.45) is 0 Å². The second kappa shape index (κ2) is 5.81. The average molecular weight is 334 g/mol. The molecule has 0 saturated heterocycles. The normalized spacial score (nSPS) is 14.7. The number of benzene rings is 1. The van der Waals surface area contributed by atoms with E-state index in [-0.39, 0.29) is 16.9 Å². The fourth-order valence-corrected chi connectivity index (χ4v) is 4.01. The van der Waals surface area contributed by atoms with Crippen molar-refractivity contribution >= 4 is 9.84 Å². The second-order valence-electron chi connectivity index (χ2n) is 5.58. The van der Waals surface area contributed by atoms with Crippen LogP contribution in [-0.4, -0.2) is 28.7 Å². The van der Waals surface area contributed by atoms with E-state index >= 15 is 0 Å². The van der Waals surface area contributed by atoms with Gasteiger partial charge in [0, 0.05) is 0 Å². The Kier molecular flexibility index (Phi) is 3.97. The molecule has 7 heteroatoms. The number of hydrogen-bond acceptors (Lipinski definition) is 6. The van der Waals surface area contributed by atoms with Crippen LogP contribution in [0.15, 0.2) is 29.4 Å². The quantitative estimate of drug-likeness (QED) is 0.904. The maximum absolute atomic E-state index is 12.3. The molecule has 6 nitrogen and oxygen atoms in total. The van der Waals surface area contributed by atoms with Crippen LogP contribution in [0.5, 0.6) is 17.4 Å². The first-order chi connectivity index (χ1) is 10.9. The number of ether oxygens (including phenoxy) is 1. The molecule has 23 heavy (non-hydrogen) atoms. The molecule has 0 atom stereocenters. The van der Waals surface area contributed by atoms with Crippen LogP contribution in [0.25, 0.3) is 0 Å². The minimum Gasteiger partial charge on any atom is -0.502 e. The van der Waals surface area contributed by atoms with E-state index in [9.17, 15) is 13.5 Å². The molecule has 1 fully saturated rings. The highest BCUT2D eigenvalue weighted by molar-refractivity contribution is 7.92. The Morgan fingerprint density at radius 2 is 2.04 bits per heavy atom. The molecule has 0 unspecified atom stereocenters. The van der Waals surface area contributed by atoms with Gasteiger partial charge in [-0.15, -0.1) is 0 Å². The Labute approximate surface area is 135 Å². The number of aryl methyl sites for hydroxylation is 2. The van der Waals surface area contributed by atoms with Gasteiger partial charge in [0.15, 0.2) is 9.84 Å². The zero-order valence-corrected chi connectivity index (χ0v) is 13.8. The molecule has 1 aliphatic rings. The zero-order valence-electron chi connectivity index (χ0n) is 13.0. The van der Waals surface area contributed by atoms with Gasteiger partial charge in [-0.3, -0.25) is 0 Å². The van der Waals surface area contributed by atoms with Crippen LogP contribution in [0, 0.1) is 6.92 Å². The van der Waals surface area contributed by atoms with Crippen LogP contribution in [0.4, 0.5) is 0 Å². The summed E-state index contributed by atoms with van der Waals surface area (Å²) in [6.07, 6.45) is 3.38. The maximum atomic E-state index is 12.3. The van der Waals surface area contributed by atoms with E-state index in [0.717, 1.165) is 18.4 Å². The van der Waals surface area contributed by atoms with Crippen molar-refractivity contribution in [2.75, 3.05) is 0 Å². The molecule has 0 aliphatic heterocycles. The minimum absolute atomic E-state index is 0.0602. The SMILES string of the molecule is CCc1cc(S(=O)(=O)C2CC2)ccc1Oc1ncnc(C)c1O. The largest absolute Gasteiger partial charge is 0.502 e. The minimum atomic E-state index is -3.23. The smallest absolute Gasteiger partial charge is 0.265 e. The summed E-state index contributed by atoms with van der Waals surface area (Å²) in [4.78, 5) is 8.12. The van der Waals surface area contributed by atoms with Crippen molar-refractivity contribution in [3.63, 3.8) is 0 Å². The molecule has 0 bridgehead atoms. The molecule has 1 saturated carbocycles. The van der Waals surface area contributed by atoms with Gasteiger partial charge < -0.3 is 9.84 Å². The Balaban J connectivity index is 1.96. The first kappa shape index (κ1) is 15.7. The van der Waals surface area contributed by atoms with E-state index < -0.39 is 9.84 Å². The molecule has 3 rings (SSSR count). The Morgan fingerprint density at radius 1 is 1.30 bits per heavy atom. The predicted octanol–water partition coefficient (Wildman–Crippen LogP) is 2.78. The van der Waals surface area contributed by atoms with Crippen LogP contribution in [-0.2, 0) is 16.3 Å². The van der Waals surface area contributed by atoms with Gasteiger partial charge in [0.05, 0.1) is 15.8 Å². The molecule has 0 amide bonds. The number of rotatable bonds is 5. The molecule has 1 aliphatic carbocycles. The fourth-order valence-electron chi connectivity index (χ4n) is 2.30. The van der Waals surface area contributed by atoms with Gasteiger partial charge in [0.25, 0.3) is 5.88 Å². The van der Waals surface area contributed by atoms with Gasteiger partial charge in [-0.2, -0.15) is 4.98 Å². The third-order valence-corrected chi connectivity index (χ3v) is 6.14. The van der Waals surface area contributed by atoms with Crippen molar-refractivity contribution in [1.82, 2.24) is 9.97 Å². The molecule has 1 N–H and O–H groups in total. The van der Waals surface area contributed by atoms with Gasteiger partial charge >= 0.3 is 0 Å². The van der Waals surface area contributed by atoms with Crippen LogP contribution in [0.1, 0.15) is 31.0 Å². The highest BCUT2D eigenvalue weighted by atomic mass is 32.2. The van der Waals surface area contributed by atoms with E-state index in [0.29, 0.717) is 22.8 Å². The van der Waals surface area contributed by atoms with E-state index in [2.05, 4.69) is 9.97 Å². The van der Waals surface area contributed by atoms with Crippen LogP contribution in [0.3, 0.4) is 0 Å². The summed E-state index contributed by atoms with van der Waals surface area (Å²) in [7, 11) is -3.23. The lowest BCUT2D eigenvalue weighted by Crippen LogP contribution is -2.08. The number of hydrogen-bond donors (Lipinski definition) is 1. The van der Waals surface area contributed by atoms with Crippen molar-refractivity contribution in [3.05, 3.63) is 35.8 Å². The van der Waals surface area contributed by atoms with Crippen LogP contribution < -0.4 is 4.74 Å². The summed E-state index contributed by atoms with van der Waals surface area (Å²) in [5.41, 5.74) is 1.17. The van der Waals surface area contributed by atoms with Gasteiger partial charge in [-0.1, -0.05) is 6.92 Å². The molecular formula is C16H18N2O4S. The number of nitrogens with zero attached hydrogens (tertiary/aromatic N) is 2. The maximum Gasteiger partial charge on any atom is 0.265 e. The van der Waals surface area contributed by atoms with E-state index in [4.69, 9.17) is 4.74 Å². The topological polar surface area (TPSA) is 89.4 Å². The Bertz CT molecular complexity index is 845. The van der Waals surface area contributed by atoms with Crippen molar-refractivity contribution in [2.45, 2.75) is 43.3 Å². The highest BCUT2D eigenvalue weighted by Crippen LogP contribution is 2.37. The van der Waals surface area contributed by atoms with Crippen molar-refractivity contribution < 1.29 is 18.3 Å². The molecule has 1 heterocycles. The first-order valence-electron chi connectivity index (χ1n) is 7.48. The first-order valence-corrected chi connectivity index (χ1v) is 9.03. The van der Waals surface area contributed by atoms with E-state index in [1.807, 2.05) is 6.92 Å². The van der Waals surface area contributed by atoms with Crippen molar-refractivity contribution in [1.29, 1.82) is 0 Å². The lowest BCUT2D eigenvalue weighted by molar-refractivity contribution is 0.389. The molecule has 0 spiro atoms.